The minimum absolute atomic E-state index is 0.291. The van der Waals surface area contributed by atoms with Crippen LogP contribution in [0.15, 0.2) is 0 Å². The number of hydrogen-bond acceptors (Lipinski definition) is 1. The molecule has 0 aromatic heterocycles. The summed E-state index contributed by atoms with van der Waals surface area (Å²) in [6, 6.07) is -0.291. The second kappa shape index (κ2) is 4.19. The van der Waals surface area contributed by atoms with E-state index in [1.54, 1.807) is 0 Å². The van der Waals surface area contributed by atoms with Gasteiger partial charge in [0, 0.05) is 6.04 Å². The van der Waals surface area contributed by atoms with E-state index in [9.17, 15) is 18.0 Å². The third kappa shape index (κ3) is 3.20. The van der Waals surface area contributed by atoms with Gasteiger partial charge in [-0.2, -0.15) is 13.2 Å². The highest BCUT2D eigenvalue weighted by Crippen LogP contribution is 2.24. The van der Waals surface area contributed by atoms with Gasteiger partial charge >= 0.3 is 12.1 Å². The molecule has 0 atom stereocenters. The minimum atomic E-state index is -4.75. The second-order valence-corrected chi connectivity index (χ2v) is 3.93. The van der Waals surface area contributed by atoms with Crippen molar-refractivity contribution < 1.29 is 18.0 Å². The number of amides is 1. The maximum atomic E-state index is 11.9. The Labute approximate surface area is 80.9 Å². The number of hydrogen-bond donors (Lipinski definition) is 1. The molecule has 0 unspecified atom stereocenters. The van der Waals surface area contributed by atoms with Crippen LogP contribution in [0.3, 0.4) is 0 Å². The smallest absolute Gasteiger partial charge is 0.346 e. The van der Waals surface area contributed by atoms with Crippen molar-refractivity contribution in [1.29, 1.82) is 0 Å². The fourth-order valence-corrected chi connectivity index (χ4v) is 1.67. The molecule has 82 valence electrons. The fourth-order valence-electron chi connectivity index (χ4n) is 1.67. The highest BCUT2D eigenvalue weighted by molar-refractivity contribution is 5.81. The summed E-state index contributed by atoms with van der Waals surface area (Å²) in [5, 5.41) is 2.02. The first-order valence-corrected chi connectivity index (χ1v) is 4.77. The molecule has 2 nitrogen and oxygen atoms in total. The summed E-state index contributed by atoms with van der Waals surface area (Å²) in [6.07, 6.45) is -1.65. The lowest BCUT2D eigenvalue weighted by molar-refractivity contribution is -0.174. The van der Waals surface area contributed by atoms with Gasteiger partial charge in [0.2, 0.25) is 0 Å². The molecule has 0 spiro atoms. The lowest BCUT2D eigenvalue weighted by Crippen LogP contribution is -2.44. The van der Waals surface area contributed by atoms with Gasteiger partial charge < -0.3 is 5.32 Å². The van der Waals surface area contributed by atoms with Gasteiger partial charge in [0.1, 0.15) is 0 Å². The molecule has 1 rings (SSSR count). The predicted octanol–water partition coefficient (Wildman–Crippen LogP) is 2.24. The average molecular weight is 209 g/mol. The van der Waals surface area contributed by atoms with Crippen LogP contribution in [0.25, 0.3) is 0 Å². The van der Waals surface area contributed by atoms with Crippen molar-refractivity contribution in [3.05, 3.63) is 0 Å². The van der Waals surface area contributed by atoms with Crippen molar-refractivity contribution in [3.63, 3.8) is 0 Å². The van der Waals surface area contributed by atoms with Gasteiger partial charge in [-0.1, -0.05) is 6.92 Å². The molecule has 1 aliphatic rings. The molecule has 0 bridgehead atoms. The van der Waals surface area contributed by atoms with Crippen molar-refractivity contribution >= 4 is 5.91 Å². The number of carbonyl (C=O) groups is 1. The van der Waals surface area contributed by atoms with Crippen LogP contribution in [0.5, 0.6) is 0 Å². The molecule has 1 fully saturated rings. The number of alkyl halides is 3. The highest BCUT2D eigenvalue weighted by Gasteiger charge is 2.39. The van der Waals surface area contributed by atoms with Crippen LogP contribution in [0.4, 0.5) is 13.2 Å². The van der Waals surface area contributed by atoms with Crippen molar-refractivity contribution in [2.45, 2.75) is 44.8 Å². The average Bonchev–Trinajstić information content (AvgIpc) is 2.07. The van der Waals surface area contributed by atoms with Crippen molar-refractivity contribution in [3.8, 4) is 0 Å². The van der Waals surface area contributed by atoms with E-state index >= 15 is 0 Å². The van der Waals surface area contributed by atoms with E-state index in [4.69, 9.17) is 0 Å². The standard InChI is InChI=1S/C9H14F3NO/c1-6-2-4-7(5-3-6)13-8(14)9(10,11)12/h6-7H,2-5H2,1H3,(H,13,14)/t6-,7-. The van der Waals surface area contributed by atoms with E-state index in [0.29, 0.717) is 18.8 Å². The summed E-state index contributed by atoms with van der Waals surface area (Å²) in [5.41, 5.74) is 0. The van der Waals surface area contributed by atoms with Crippen LogP contribution in [0.2, 0.25) is 0 Å². The molecule has 1 aliphatic carbocycles. The van der Waals surface area contributed by atoms with E-state index < -0.39 is 12.1 Å². The Balaban J connectivity index is 2.35. The highest BCUT2D eigenvalue weighted by atomic mass is 19.4. The molecular formula is C9H14F3NO. The zero-order valence-electron chi connectivity index (χ0n) is 8.03. The number of rotatable bonds is 1. The third-order valence-corrected chi connectivity index (χ3v) is 2.61. The zero-order chi connectivity index (χ0) is 10.8. The third-order valence-electron chi connectivity index (χ3n) is 2.61. The molecule has 1 N–H and O–H groups in total. The monoisotopic (exact) mass is 209 g/mol. The topological polar surface area (TPSA) is 29.1 Å². The first kappa shape index (κ1) is 11.3. The summed E-state index contributed by atoms with van der Waals surface area (Å²) in [7, 11) is 0. The number of carbonyl (C=O) groups excluding carboxylic acids is 1. The summed E-state index contributed by atoms with van der Waals surface area (Å²) in [4.78, 5) is 10.6. The number of halogens is 3. The Bertz CT molecular complexity index is 207. The van der Waals surface area contributed by atoms with Crippen LogP contribution in [0.1, 0.15) is 32.6 Å². The Morgan fingerprint density at radius 3 is 2.14 bits per heavy atom. The second-order valence-electron chi connectivity index (χ2n) is 3.93. The van der Waals surface area contributed by atoms with Crippen molar-refractivity contribution in [2.75, 3.05) is 0 Å². The molecule has 0 radical (unpaired) electrons. The first-order chi connectivity index (χ1) is 6.39. The van der Waals surface area contributed by atoms with Crippen LogP contribution in [0, 0.1) is 5.92 Å². The van der Waals surface area contributed by atoms with Gasteiger partial charge in [0.25, 0.3) is 0 Å². The lowest BCUT2D eigenvalue weighted by Gasteiger charge is -2.27. The van der Waals surface area contributed by atoms with Gasteiger partial charge in [0.15, 0.2) is 0 Å². The van der Waals surface area contributed by atoms with Crippen LogP contribution >= 0.6 is 0 Å². The zero-order valence-corrected chi connectivity index (χ0v) is 8.03. The maximum Gasteiger partial charge on any atom is 0.471 e. The molecule has 0 aromatic rings. The Kier molecular flexibility index (Phi) is 3.39. The molecular weight excluding hydrogens is 195 g/mol. The van der Waals surface area contributed by atoms with E-state index in [-0.39, 0.29) is 6.04 Å². The van der Waals surface area contributed by atoms with E-state index in [1.165, 1.54) is 0 Å². The van der Waals surface area contributed by atoms with Crippen LogP contribution < -0.4 is 5.32 Å². The molecule has 1 amide bonds. The van der Waals surface area contributed by atoms with Crippen molar-refractivity contribution in [1.82, 2.24) is 5.32 Å². The van der Waals surface area contributed by atoms with Crippen LogP contribution in [-0.2, 0) is 4.79 Å². The quantitative estimate of drug-likeness (QED) is 0.705. The minimum Gasteiger partial charge on any atom is -0.346 e. The summed E-state index contributed by atoms with van der Waals surface area (Å²) < 4.78 is 35.6. The molecule has 14 heavy (non-hydrogen) atoms. The van der Waals surface area contributed by atoms with Gasteiger partial charge in [-0.05, 0) is 31.6 Å². The molecule has 1 saturated carbocycles. The Morgan fingerprint density at radius 2 is 1.71 bits per heavy atom. The Morgan fingerprint density at radius 1 is 1.21 bits per heavy atom. The Hall–Kier alpha value is -0.740. The normalized spacial score (nSPS) is 28.6. The van der Waals surface area contributed by atoms with Gasteiger partial charge in [-0.3, -0.25) is 4.79 Å². The fraction of sp³-hybridized carbons (Fsp3) is 0.889. The van der Waals surface area contributed by atoms with Gasteiger partial charge in [0.05, 0.1) is 0 Å². The molecule has 0 heterocycles. The van der Waals surface area contributed by atoms with E-state index in [1.807, 2.05) is 5.32 Å². The van der Waals surface area contributed by atoms with Gasteiger partial charge in [-0.25, -0.2) is 0 Å². The van der Waals surface area contributed by atoms with Crippen LogP contribution in [-0.4, -0.2) is 18.1 Å². The van der Waals surface area contributed by atoms with Crippen molar-refractivity contribution in [2.24, 2.45) is 5.92 Å². The first-order valence-electron chi connectivity index (χ1n) is 4.77. The molecule has 0 aliphatic heterocycles. The lowest BCUT2D eigenvalue weighted by atomic mass is 9.87. The summed E-state index contributed by atoms with van der Waals surface area (Å²) in [6.45, 7) is 2.07. The number of nitrogens with one attached hydrogen (secondary N) is 1. The van der Waals surface area contributed by atoms with Gasteiger partial charge in [-0.15, -0.1) is 0 Å². The summed E-state index contributed by atoms with van der Waals surface area (Å²) in [5.74, 6) is -1.24. The predicted molar refractivity (Wildman–Crippen MR) is 45.6 cm³/mol. The van der Waals surface area contributed by atoms with E-state index in [0.717, 1.165) is 12.8 Å². The maximum absolute atomic E-state index is 11.9. The summed E-state index contributed by atoms with van der Waals surface area (Å²) >= 11 is 0. The molecule has 0 saturated heterocycles. The molecule has 0 aromatic carbocycles. The SMILES string of the molecule is C[C@H]1CC[C@H](NC(=O)C(F)(F)F)CC1. The largest absolute Gasteiger partial charge is 0.471 e. The molecule has 5 heteroatoms. The van der Waals surface area contributed by atoms with E-state index in [2.05, 4.69) is 6.92 Å².